The molecule has 4 nitrogen and oxygen atoms in total. The van der Waals surface area contributed by atoms with Crippen LogP contribution >= 0.6 is 0 Å². The summed E-state index contributed by atoms with van der Waals surface area (Å²) in [6, 6.07) is -1.24. The standard InChI is InChI=1S/C22H32F4N2O2/c1-11(17-9-13-3-5-15(17)7-13)27-19(29)21(23,24)22(25,26)20(30)28-12(2)18-10-14-4-6-16(18)8-14/h11-18H,3-10H2,1-2H3,(H,27,29)(H,28,30)/t11-,12+,13-,14-,15-,16-,17+,18+/m1/s1. The quantitative estimate of drug-likeness (QED) is 0.594. The Morgan fingerprint density at radius 2 is 1.07 bits per heavy atom. The number of alkyl halides is 4. The summed E-state index contributed by atoms with van der Waals surface area (Å²) in [7, 11) is 0. The number of carbonyl (C=O) groups is 2. The van der Waals surface area contributed by atoms with Gasteiger partial charge in [0.1, 0.15) is 0 Å². The summed E-state index contributed by atoms with van der Waals surface area (Å²) in [6.45, 7) is 3.18. The number of hydrogen-bond donors (Lipinski definition) is 2. The Morgan fingerprint density at radius 3 is 1.33 bits per heavy atom. The Balaban J connectivity index is 1.36. The van der Waals surface area contributed by atoms with Crippen LogP contribution in [0.15, 0.2) is 0 Å². The monoisotopic (exact) mass is 432 g/mol. The minimum atomic E-state index is -5.10. The van der Waals surface area contributed by atoms with Gasteiger partial charge in [0.05, 0.1) is 0 Å². The summed E-state index contributed by atoms with van der Waals surface area (Å²) in [5.74, 6) is -12.5. The van der Waals surface area contributed by atoms with E-state index >= 15 is 0 Å². The molecule has 8 heteroatoms. The molecule has 0 saturated heterocycles. The van der Waals surface area contributed by atoms with E-state index in [9.17, 15) is 27.2 Å². The van der Waals surface area contributed by atoms with Crippen LogP contribution in [0.25, 0.3) is 0 Å². The third-order valence-corrected chi connectivity index (χ3v) is 8.55. The maximum absolute atomic E-state index is 14.4. The van der Waals surface area contributed by atoms with Crippen molar-refractivity contribution in [3.63, 3.8) is 0 Å². The topological polar surface area (TPSA) is 58.2 Å². The molecule has 4 rings (SSSR count). The highest BCUT2D eigenvalue weighted by atomic mass is 19.3. The molecule has 30 heavy (non-hydrogen) atoms. The Morgan fingerprint density at radius 1 is 0.700 bits per heavy atom. The van der Waals surface area contributed by atoms with Gasteiger partial charge in [-0.15, -0.1) is 0 Å². The van der Waals surface area contributed by atoms with Gasteiger partial charge in [0.2, 0.25) is 0 Å². The second-order valence-electron chi connectivity index (χ2n) is 10.4. The predicted molar refractivity (Wildman–Crippen MR) is 103 cm³/mol. The lowest BCUT2D eigenvalue weighted by Gasteiger charge is -2.33. The highest BCUT2D eigenvalue weighted by Crippen LogP contribution is 2.50. The zero-order valence-corrected chi connectivity index (χ0v) is 17.6. The molecule has 0 heterocycles. The summed E-state index contributed by atoms with van der Waals surface area (Å²) in [6.07, 6.45) is 7.89. The van der Waals surface area contributed by atoms with E-state index in [0.717, 1.165) is 51.4 Å². The van der Waals surface area contributed by atoms with Crippen LogP contribution in [0, 0.1) is 35.5 Å². The fourth-order valence-electron chi connectivity index (χ4n) is 6.91. The number of fused-ring (bicyclic) bond motifs is 4. The molecule has 4 aliphatic rings. The zero-order chi connectivity index (χ0) is 21.8. The second kappa shape index (κ2) is 7.66. The normalized spacial score (nSPS) is 37.3. The van der Waals surface area contributed by atoms with E-state index in [0.29, 0.717) is 23.7 Å². The molecule has 8 atom stereocenters. The van der Waals surface area contributed by atoms with E-state index < -0.39 is 35.7 Å². The molecule has 0 aromatic heterocycles. The molecule has 0 spiro atoms. The minimum absolute atomic E-state index is 0.0313. The Hall–Kier alpha value is -1.34. The molecule has 0 radical (unpaired) electrons. The smallest absolute Gasteiger partial charge is 0.348 e. The molecule has 0 aromatic rings. The molecule has 0 aromatic carbocycles. The molecule has 170 valence electrons. The van der Waals surface area contributed by atoms with Crippen LogP contribution in [0.4, 0.5) is 17.6 Å². The van der Waals surface area contributed by atoms with Gasteiger partial charge in [-0.25, -0.2) is 0 Å². The van der Waals surface area contributed by atoms with Crippen LogP contribution in [0.2, 0.25) is 0 Å². The molecule has 0 aliphatic heterocycles. The first-order valence-corrected chi connectivity index (χ1v) is 11.4. The van der Waals surface area contributed by atoms with E-state index in [1.54, 1.807) is 13.8 Å². The van der Waals surface area contributed by atoms with Crippen molar-refractivity contribution in [2.75, 3.05) is 0 Å². The molecule has 4 saturated carbocycles. The van der Waals surface area contributed by atoms with Gasteiger partial charge in [-0.2, -0.15) is 17.6 Å². The van der Waals surface area contributed by atoms with E-state index in [-0.39, 0.29) is 11.8 Å². The van der Waals surface area contributed by atoms with E-state index in [4.69, 9.17) is 0 Å². The average molecular weight is 433 g/mol. The lowest BCUT2D eigenvalue weighted by Crippen LogP contribution is -2.62. The average Bonchev–Trinajstić information content (AvgIpc) is 3.47. The third-order valence-electron chi connectivity index (χ3n) is 8.55. The second-order valence-corrected chi connectivity index (χ2v) is 10.4. The largest absolute Gasteiger partial charge is 0.395 e. The van der Waals surface area contributed by atoms with E-state index in [2.05, 4.69) is 10.6 Å². The SMILES string of the molecule is C[C@H](NC(=O)C(F)(F)C(F)(F)C(=O)N[C@H](C)[C@@H]1C[C@@H]2CC[C@@H]1C2)[C@@H]1C[C@@H]2CC[C@@H]1C2. The van der Waals surface area contributed by atoms with Gasteiger partial charge in [-0.1, -0.05) is 12.8 Å². The number of amides is 2. The Kier molecular flexibility index (Phi) is 5.59. The van der Waals surface area contributed by atoms with Crippen molar-refractivity contribution in [2.45, 2.75) is 89.1 Å². The summed E-state index contributed by atoms with van der Waals surface area (Å²) in [5, 5.41) is 4.18. The van der Waals surface area contributed by atoms with Crippen molar-refractivity contribution in [2.24, 2.45) is 35.5 Å². The summed E-state index contributed by atoms with van der Waals surface area (Å²) in [4.78, 5) is 24.2. The van der Waals surface area contributed by atoms with Gasteiger partial charge < -0.3 is 10.6 Å². The highest BCUT2D eigenvalue weighted by molar-refractivity contribution is 5.95. The van der Waals surface area contributed by atoms with Crippen LogP contribution in [-0.4, -0.2) is 35.7 Å². The first-order chi connectivity index (χ1) is 14.0. The van der Waals surface area contributed by atoms with E-state index in [1.165, 1.54) is 0 Å². The van der Waals surface area contributed by atoms with Crippen molar-refractivity contribution >= 4 is 11.8 Å². The Bertz CT molecular complexity index is 643. The number of hydrogen-bond acceptors (Lipinski definition) is 2. The van der Waals surface area contributed by atoms with Gasteiger partial charge in [0.15, 0.2) is 0 Å². The lowest BCUT2D eigenvalue weighted by molar-refractivity contribution is -0.212. The van der Waals surface area contributed by atoms with Crippen LogP contribution < -0.4 is 10.6 Å². The predicted octanol–water partition coefficient (Wildman–Crippen LogP) is 4.14. The molecule has 2 N–H and O–H groups in total. The minimum Gasteiger partial charge on any atom is -0.348 e. The van der Waals surface area contributed by atoms with Crippen LogP contribution in [-0.2, 0) is 9.59 Å². The number of halogens is 4. The molecular formula is C22H32F4N2O2. The Labute approximate surface area is 174 Å². The molecular weight excluding hydrogens is 400 g/mol. The fraction of sp³-hybridized carbons (Fsp3) is 0.909. The maximum Gasteiger partial charge on any atom is 0.395 e. The molecule has 4 fully saturated rings. The van der Waals surface area contributed by atoms with Gasteiger partial charge in [0, 0.05) is 12.1 Å². The van der Waals surface area contributed by atoms with Crippen molar-refractivity contribution in [1.82, 2.24) is 10.6 Å². The van der Waals surface area contributed by atoms with Crippen molar-refractivity contribution in [3.05, 3.63) is 0 Å². The van der Waals surface area contributed by atoms with Gasteiger partial charge in [0.25, 0.3) is 11.8 Å². The lowest BCUT2D eigenvalue weighted by atomic mass is 9.83. The third kappa shape index (κ3) is 3.62. The summed E-state index contributed by atoms with van der Waals surface area (Å²) < 4.78 is 57.7. The van der Waals surface area contributed by atoms with Crippen molar-refractivity contribution < 1.29 is 27.2 Å². The molecule has 0 unspecified atom stereocenters. The van der Waals surface area contributed by atoms with Gasteiger partial charge >= 0.3 is 11.8 Å². The highest BCUT2D eigenvalue weighted by Gasteiger charge is 2.67. The van der Waals surface area contributed by atoms with Gasteiger partial charge in [-0.3, -0.25) is 9.59 Å². The maximum atomic E-state index is 14.4. The van der Waals surface area contributed by atoms with Crippen LogP contribution in [0.3, 0.4) is 0 Å². The van der Waals surface area contributed by atoms with Crippen LogP contribution in [0.1, 0.15) is 65.2 Å². The van der Waals surface area contributed by atoms with Crippen molar-refractivity contribution in [3.8, 4) is 0 Å². The molecule has 4 bridgehead atoms. The van der Waals surface area contributed by atoms with Crippen molar-refractivity contribution in [1.29, 1.82) is 0 Å². The number of nitrogens with one attached hydrogen (secondary N) is 2. The van der Waals surface area contributed by atoms with E-state index in [1.807, 2.05) is 0 Å². The molecule has 4 aliphatic carbocycles. The summed E-state index contributed by atoms with van der Waals surface area (Å²) in [5.41, 5.74) is 0. The zero-order valence-electron chi connectivity index (χ0n) is 17.6. The number of rotatable bonds is 7. The summed E-state index contributed by atoms with van der Waals surface area (Å²) >= 11 is 0. The van der Waals surface area contributed by atoms with Gasteiger partial charge in [-0.05, 0) is 87.9 Å². The molecule has 2 amide bonds. The number of carbonyl (C=O) groups excluding carboxylic acids is 2. The van der Waals surface area contributed by atoms with Crippen LogP contribution in [0.5, 0.6) is 0 Å². The first-order valence-electron chi connectivity index (χ1n) is 11.4. The first kappa shape index (κ1) is 21.9. The fourth-order valence-corrected chi connectivity index (χ4v) is 6.91.